The van der Waals surface area contributed by atoms with Crippen LogP contribution in [0.4, 0.5) is 0 Å². The Morgan fingerprint density at radius 2 is 1.48 bits per heavy atom. The van der Waals surface area contributed by atoms with Gasteiger partial charge in [0.2, 0.25) is 41.2 Å². The number of likely N-dealkylation sites (N-methyl/N-ethyl adjacent to an activating group) is 2. The van der Waals surface area contributed by atoms with Gasteiger partial charge in [-0.2, -0.15) is 0 Å². The third-order valence-electron chi connectivity index (χ3n) is 15.7. The Balaban J connectivity index is 1.91. The van der Waals surface area contributed by atoms with Crippen LogP contribution >= 0.6 is 0 Å². The summed E-state index contributed by atoms with van der Waals surface area (Å²) in [6.45, 7) is 18.5. The minimum Gasteiger partial charge on any atom is -0.497 e. The van der Waals surface area contributed by atoms with E-state index in [0.717, 1.165) is 6.92 Å². The Morgan fingerprint density at radius 3 is 2.04 bits per heavy atom. The summed E-state index contributed by atoms with van der Waals surface area (Å²) < 4.78 is 23.3. The molecule has 446 valence electrons. The molecule has 7 amide bonds. The number of Topliss-reactive ketones (excluding diaryl/α,β-unsaturated/α-hetero) is 2. The summed E-state index contributed by atoms with van der Waals surface area (Å²) in [6, 6.07) is -1.89. The quantitative estimate of drug-likeness (QED) is 0.122. The molecule has 22 nitrogen and oxygen atoms in total. The van der Waals surface area contributed by atoms with Crippen molar-refractivity contribution in [2.24, 2.45) is 29.6 Å². The van der Waals surface area contributed by atoms with Crippen LogP contribution in [0.2, 0.25) is 0 Å². The molecule has 0 bridgehead atoms. The number of nitrogens with one attached hydrogen (secondary N) is 3. The fourth-order valence-electron chi connectivity index (χ4n) is 10.7. The van der Waals surface area contributed by atoms with Gasteiger partial charge in [0.25, 0.3) is 5.91 Å². The molecule has 0 aliphatic carbocycles. The SMILES string of the molecule is CC[C@H](C)[C@@H]1NC(=O)[C@@H](NC(=O)[C@@H](CC(C)C)N(C)C(=O)[C@@H]2CCCN2C(=O)C(C)=O)[C@@H](C)OC(=O)[C@H](Cc2ccc(OC)cc2)N(C)C(=O)[C@@H]2CCCN2C(=O)[C@H](CC(C)C)NC(=O)[C@@H](C)C(=O)[C@H](C(C)C)OC(=O)C[C@H]1OC. The van der Waals surface area contributed by atoms with E-state index in [2.05, 4.69) is 16.0 Å². The summed E-state index contributed by atoms with van der Waals surface area (Å²) >= 11 is 0. The van der Waals surface area contributed by atoms with Crippen LogP contribution in [-0.4, -0.2) is 186 Å². The average molecular weight is 1120 g/mol. The molecule has 3 aliphatic heterocycles. The maximum Gasteiger partial charge on any atom is 0.329 e. The smallest absolute Gasteiger partial charge is 0.329 e. The van der Waals surface area contributed by atoms with Crippen molar-refractivity contribution >= 4 is 64.9 Å². The van der Waals surface area contributed by atoms with Crippen molar-refractivity contribution in [3.8, 4) is 5.75 Å². The van der Waals surface area contributed by atoms with Gasteiger partial charge in [0.05, 0.1) is 31.6 Å². The Bertz CT molecular complexity index is 2400. The molecule has 3 saturated heterocycles. The molecule has 0 radical (unpaired) electrons. The van der Waals surface area contributed by atoms with Crippen molar-refractivity contribution in [2.75, 3.05) is 41.4 Å². The largest absolute Gasteiger partial charge is 0.497 e. The van der Waals surface area contributed by atoms with E-state index in [1.165, 1.54) is 61.8 Å². The van der Waals surface area contributed by atoms with Gasteiger partial charge in [0.15, 0.2) is 11.9 Å². The van der Waals surface area contributed by atoms with Gasteiger partial charge in [-0.05, 0) is 93.7 Å². The maximum absolute atomic E-state index is 15.2. The van der Waals surface area contributed by atoms with Crippen LogP contribution < -0.4 is 20.7 Å². The second-order valence-electron chi connectivity index (χ2n) is 23.0. The third-order valence-corrected chi connectivity index (χ3v) is 15.7. The Labute approximate surface area is 471 Å². The van der Waals surface area contributed by atoms with Crippen LogP contribution in [0.15, 0.2) is 24.3 Å². The summed E-state index contributed by atoms with van der Waals surface area (Å²) in [5, 5.41) is 8.50. The summed E-state index contributed by atoms with van der Waals surface area (Å²) in [5.74, 6) is -10.7. The number of ketones is 2. The first-order valence-corrected chi connectivity index (χ1v) is 28.2. The van der Waals surface area contributed by atoms with Crippen molar-refractivity contribution in [1.29, 1.82) is 0 Å². The van der Waals surface area contributed by atoms with Crippen molar-refractivity contribution in [2.45, 2.75) is 195 Å². The standard InChI is InChI=1S/C58H89N7O15/c1-16-34(8)47-45(78-15)30-46(67)80-50(33(6)7)49(68)35(9)51(69)59-40(27-31(2)3)55(73)65-26-18-20-42(65)57(75)63(13)44(29-38-21-23-39(77-14)24-22-38)58(76)79-37(11)48(53(71)60-47)61-52(70)43(28-32(4)5)62(12)56(74)41-19-17-25-64(41)54(72)36(10)66/h21-24,31-35,37,40-45,47-48,50H,16-20,25-30H2,1-15H3,(H,59,69)(H,60,71)(H,61,70)/t34-,35-,37+,40-,41-,42-,43+,44-,45+,47-,48-,50-/m0/s1. The molecule has 0 aromatic heterocycles. The molecule has 0 unspecified atom stereocenters. The van der Waals surface area contributed by atoms with E-state index in [1.54, 1.807) is 45.0 Å². The summed E-state index contributed by atoms with van der Waals surface area (Å²) in [6.07, 6.45) is -2.69. The molecule has 12 atom stereocenters. The second kappa shape index (κ2) is 29.8. The zero-order valence-corrected chi connectivity index (χ0v) is 49.7. The van der Waals surface area contributed by atoms with Gasteiger partial charge >= 0.3 is 11.9 Å². The average Bonchev–Trinajstić information content (AvgIpc) is 4.19. The normalized spacial score (nSPS) is 27.0. The number of ether oxygens (including phenoxy) is 4. The number of hydrogen-bond acceptors (Lipinski definition) is 15. The van der Waals surface area contributed by atoms with Gasteiger partial charge in [-0.15, -0.1) is 0 Å². The molecule has 3 N–H and O–H groups in total. The molecule has 0 saturated carbocycles. The number of esters is 2. The lowest BCUT2D eigenvalue weighted by Crippen LogP contribution is -2.62. The van der Waals surface area contributed by atoms with Gasteiger partial charge in [0, 0.05) is 47.6 Å². The van der Waals surface area contributed by atoms with Gasteiger partial charge in [-0.25, -0.2) is 4.79 Å². The lowest BCUT2D eigenvalue weighted by molar-refractivity contribution is -0.163. The summed E-state index contributed by atoms with van der Waals surface area (Å²) in [4.78, 5) is 161. The number of rotatable bonds is 16. The Kier molecular flexibility index (Phi) is 24.6. The number of fused-ring (bicyclic) bond motifs is 1. The van der Waals surface area contributed by atoms with Crippen LogP contribution in [0.25, 0.3) is 0 Å². The second-order valence-corrected chi connectivity index (χ2v) is 23.0. The van der Waals surface area contributed by atoms with Gasteiger partial charge < -0.3 is 54.5 Å². The van der Waals surface area contributed by atoms with Gasteiger partial charge in [-0.3, -0.25) is 47.9 Å². The Morgan fingerprint density at radius 1 is 0.838 bits per heavy atom. The number of cyclic esters (lactones) is 2. The highest BCUT2D eigenvalue weighted by Crippen LogP contribution is 2.27. The van der Waals surface area contributed by atoms with E-state index in [9.17, 15) is 43.2 Å². The maximum atomic E-state index is 15.2. The highest BCUT2D eigenvalue weighted by atomic mass is 16.6. The number of carbonyl (C=O) groups excluding carboxylic acids is 11. The number of likely N-dealkylation sites (tertiary alicyclic amines) is 1. The lowest BCUT2D eigenvalue weighted by atomic mass is 9.91. The minimum absolute atomic E-state index is 0.0753. The van der Waals surface area contributed by atoms with E-state index in [4.69, 9.17) is 18.9 Å². The minimum atomic E-state index is -1.72. The van der Waals surface area contributed by atoms with Crippen molar-refractivity contribution in [1.82, 2.24) is 35.6 Å². The first-order chi connectivity index (χ1) is 37.6. The monoisotopic (exact) mass is 1120 g/mol. The van der Waals surface area contributed by atoms with Crippen LogP contribution in [0.3, 0.4) is 0 Å². The van der Waals surface area contributed by atoms with Crippen LogP contribution in [0, 0.1) is 29.6 Å². The predicted molar refractivity (Wildman–Crippen MR) is 294 cm³/mol. The van der Waals surface area contributed by atoms with Crippen molar-refractivity contribution in [3.63, 3.8) is 0 Å². The van der Waals surface area contributed by atoms with E-state index in [1.807, 2.05) is 34.6 Å². The fraction of sp³-hybridized carbons (Fsp3) is 0.707. The van der Waals surface area contributed by atoms with Gasteiger partial charge in [0.1, 0.15) is 48.1 Å². The number of nitrogens with zero attached hydrogens (tertiary/aromatic N) is 4. The number of amides is 7. The number of hydrogen-bond donors (Lipinski definition) is 3. The van der Waals surface area contributed by atoms with Crippen LogP contribution in [0.1, 0.15) is 133 Å². The molecule has 3 aliphatic rings. The van der Waals surface area contributed by atoms with E-state index >= 15 is 9.59 Å². The summed E-state index contributed by atoms with van der Waals surface area (Å²) in [7, 11) is 5.63. The topological polar surface area (TPSA) is 274 Å². The van der Waals surface area contributed by atoms with Crippen LogP contribution in [-0.2, 0) is 73.4 Å². The zero-order valence-electron chi connectivity index (χ0n) is 49.7. The number of methoxy groups -OCH3 is 2. The van der Waals surface area contributed by atoms with E-state index < -0.39 is 150 Å². The molecule has 3 heterocycles. The van der Waals surface area contributed by atoms with Gasteiger partial charge in [-0.1, -0.05) is 73.9 Å². The Hall–Kier alpha value is -6.45. The number of benzene rings is 1. The summed E-state index contributed by atoms with van der Waals surface area (Å²) in [5.41, 5.74) is 0.582. The zero-order chi connectivity index (χ0) is 60.0. The molecular weight excluding hydrogens is 1030 g/mol. The number of carbonyl (C=O) groups is 11. The van der Waals surface area contributed by atoms with Crippen molar-refractivity contribution < 1.29 is 71.7 Å². The lowest BCUT2D eigenvalue weighted by Gasteiger charge is -2.36. The predicted octanol–water partition coefficient (Wildman–Crippen LogP) is 3.18. The van der Waals surface area contributed by atoms with E-state index in [0.29, 0.717) is 30.6 Å². The molecule has 22 heteroatoms. The van der Waals surface area contributed by atoms with Crippen molar-refractivity contribution in [3.05, 3.63) is 29.8 Å². The molecule has 3 fully saturated rings. The highest BCUT2D eigenvalue weighted by molar-refractivity contribution is 6.35. The molecule has 1 aromatic rings. The first kappa shape index (κ1) is 66.1. The fourth-order valence-corrected chi connectivity index (χ4v) is 10.7. The molecule has 80 heavy (non-hydrogen) atoms. The third kappa shape index (κ3) is 16.8. The highest BCUT2D eigenvalue weighted by Gasteiger charge is 2.46. The molecule has 4 rings (SSSR count). The molecule has 0 spiro atoms. The molecular formula is C58H89N7O15. The molecule has 1 aromatic carbocycles. The van der Waals surface area contributed by atoms with E-state index in [-0.39, 0.29) is 57.0 Å². The van der Waals surface area contributed by atoms with Crippen LogP contribution in [0.5, 0.6) is 5.75 Å². The first-order valence-electron chi connectivity index (χ1n) is 28.2.